The van der Waals surface area contributed by atoms with Gasteiger partial charge in [0.05, 0.1) is 17.4 Å². The second-order valence-corrected chi connectivity index (χ2v) is 6.71. The van der Waals surface area contributed by atoms with Gasteiger partial charge in [-0.05, 0) is 51.4 Å². The van der Waals surface area contributed by atoms with Crippen molar-refractivity contribution in [2.24, 2.45) is 0 Å². The molecule has 116 valence electrons. The first-order chi connectivity index (χ1) is 10.2. The molecule has 21 heavy (non-hydrogen) atoms. The van der Waals surface area contributed by atoms with E-state index in [1.807, 2.05) is 11.3 Å². The summed E-state index contributed by atoms with van der Waals surface area (Å²) in [6, 6.07) is 7.13. The van der Waals surface area contributed by atoms with Gasteiger partial charge in [-0.3, -0.25) is 4.68 Å². The van der Waals surface area contributed by atoms with Crippen LogP contribution < -0.4 is 5.32 Å². The van der Waals surface area contributed by atoms with Crippen molar-refractivity contribution in [2.45, 2.75) is 59.5 Å². The van der Waals surface area contributed by atoms with Crippen LogP contribution in [-0.4, -0.2) is 16.3 Å². The Kier molecular flexibility index (Phi) is 6.00. The van der Waals surface area contributed by atoms with Crippen LogP contribution in [0.2, 0.25) is 0 Å². The zero-order chi connectivity index (χ0) is 15.2. The molecular weight excluding hydrogens is 278 g/mol. The molecule has 0 aliphatic carbocycles. The van der Waals surface area contributed by atoms with Crippen LogP contribution in [-0.2, 0) is 19.4 Å². The van der Waals surface area contributed by atoms with Gasteiger partial charge in [0, 0.05) is 22.7 Å². The molecule has 0 amide bonds. The van der Waals surface area contributed by atoms with E-state index in [1.165, 1.54) is 15.4 Å². The van der Waals surface area contributed by atoms with Gasteiger partial charge in [0.1, 0.15) is 0 Å². The topological polar surface area (TPSA) is 29.9 Å². The standard InChI is InChI=1S/C17H27N3S/c1-5-10-18-16(12-15-9-8-14(6-2)21-15)17-11-13(4)19-20(17)7-3/h8-9,11,16,18H,5-7,10,12H2,1-4H3. The van der Waals surface area contributed by atoms with E-state index < -0.39 is 0 Å². The van der Waals surface area contributed by atoms with Crippen LogP contribution >= 0.6 is 11.3 Å². The molecule has 3 nitrogen and oxygen atoms in total. The molecular formula is C17H27N3S. The molecule has 0 saturated carbocycles. The molecule has 0 spiro atoms. The lowest BCUT2D eigenvalue weighted by atomic mass is 10.1. The number of aryl methyl sites for hydroxylation is 3. The normalized spacial score (nSPS) is 12.8. The van der Waals surface area contributed by atoms with E-state index in [9.17, 15) is 0 Å². The van der Waals surface area contributed by atoms with Gasteiger partial charge < -0.3 is 5.32 Å². The van der Waals surface area contributed by atoms with E-state index >= 15 is 0 Å². The molecule has 2 aromatic heterocycles. The van der Waals surface area contributed by atoms with Crippen molar-refractivity contribution in [2.75, 3.05) is 6.54 Å². The van der Waals surface area contributed by atoms with Crippen molar-refractivity contribution >= 4 is 11.3 Å². The van der Waals surface area contributed by atoms with Crippen molar-refractivity contribution in [1.82, 2.24) is 15.1 Å². The van der Waals surface area contributed by atoms with E-state index in [1.54, 1.807) is 0 Å². The molecule has 0 aliphatic rings. The Morgan fingerprint density at radius 2 is 2.00 bits per heavy atom. The molecule has 4 heteroatoms. The summed E-state index contributed by atoms with van der Waals surface area (Å²) in [6.45, 7) is 10.6. The highest BCUT2D eigenvalue weighted by Crippen LogP contribution is 2.25. The molecule has 0 aliphatic heterocycles. The zero-order valence-corrected chi connectivity index (χ0v) is 14.5. The number of nitrogens with zero attached hydrogens (tertiary/aromatic N) is 2. The molecule has 1 N–H and O–H groups in total. The Bertz CT molecular complexity index is 556. The number of hydrogen-bond donors (Lipinski definition) is 1. The van der Waals surface area contributed by atoms with Gasteiger partial charge in [0.2, 0.25) is 0 Å². The summed E-state index contributed by atoms with van der Waals surface area (Å²) in [5.74, 6) is 0. The van der Waals surface area contributed by atoms with Crippen molar-refractivity contribution in [3.8, 4) is 0 Å². The highest BCUT2D eigenvalue weighted by Gasteiger charge is 2.17. The van der Waals surface area contributed by atoms with E-state index in [2.05, 4.69) is 61.0 Å². The van der Waals surface area contributed by atoms with Gasteiger partial charge in [-0.2, -0.15) is 5.10 Å². The second-order valence-electron chi connectivity index (χ2n) is 5.46. The van der Waals surface area contributed by atoms with Crippen LogP contribution in [0.5, 0.6) is 0 Å². The average molecular weight is 305 g/mol. The summed E-state index contributed by atoms with van der Waals surface area (Å²) in [5.41, 5.74) is 2.42. The average Bonchev–Trinajstić information content (AvgIpc) is 3.09. The third-order valence-corrected chi connectivity index (χ3v) is 4.95. The number of rotatable bonds is 8. The summed E-state index contributed by atoms with van der Waals surface area (Å²) in [7, 11) is 0. The first-order valence-electron chi connectivity index (χ1n) is 8.03. The summed E-state index contributed by atoms with van der Waals surface area (Å²) in [4.78, 5) is 2.93. The van der Waals surface area contributed by atoms with E-state index in [0.717, 1.165) is 38.0 Å². The number of hydrogen-bond acceptors (Lipinski definition) is 3. The van der Waals surface area contributed by atoms with Crippen LogP contribution in [0.1, 0.15) is 54.4 Å². The number of nitrogens with one attached hydrogen (secondary N) is 1. The third kappa shape index (κ3) is 4.17. The first-order valence-corrected chi connectivity index (χ1v) is 8.84. The maximum absolute atomic E-state index is 4.60. The predicted octanol–water partition coefficient (Wildman–Crippen LogP) is 4.12. The minimum atomic E-state index is 0.356. The lowest BCUT2D eigenvalue weighted by Crippen LogP contribution is -2.26. The highest BCUT2D eigenvalue weighted by molar-refractivity contribution is 7.11. The summed E-state index contributed by atoms with van der Waals surface area (Å²) in [5, 5.41) is 8.30. The monoisotopic (exact) mass is 305 g/mol. The van der Waals surface area contributed by atoms with Crippen LogP contribution in [0, 0.1) is 6.92 Å². The van der Waals surface area contributed by atoms with E-state index in [4.69, 9.17) is 0 Å². The smallest absolute Gasteiger partial charge is 0.0597 e. The van der Waals surface area contributed by atoms with Gasteiger partial charge in [0.15, 0.2) is 0 Å². The molecule has 0 fully saturated rings. The predicted molar refractivity (Wildman–Crippen MR) is 91.1 cm³/mol. The van der Waals surface area contributed by atoms with Gasteiger partial charge >= 0.3 is 0 Å². The molecule has 2 aromatic rings. The second kappa shape index (κ2) is 7.76. The quantitative estimate of drug-likeness (QED) is 0.795. The summed E-state index contributed by atoms with van der Waals surface area (Å²) < 4.78 is 2.14. The van der Waals surface area contributed by atoms with Crippen molar-refractivity contribution in [3.63, 3.8) is 0 Å². The number of thiophene rings is 1. The number of aromatic nitrogens is 2. The van der Waals surface area contributed by atoms with Gasteiger partial charge in [0.25, 0.3) is 0 Å². The molecule has 0 saturated heterocycles. The fraction of sp³-hybridized carbons (Fsp3) is 0.588. The third-order valence-electron chi connectivity index (χ3n) is 3.70. The SMILES string of the molecule is CCCNC(Cc1ccc(CC)s1)c1cc(C)nn1CC. The summed E-state index contributed by atoms with van der Waals surface area (Å²) >= 11 is 1.94. The van der Waals surface area contributed by atoms with E-state index in [-0.39, 0.29) is 0 Å². The lowest BCUT2D eigenvalue weighted by molar-refractivity contribution is 0.480. The van der Waals surface area contributed by atoms with E-state index in [0.29, 0.717) is 6.04 Å². The van der Waals surface area contributed by atoms with Crippen LogP contribution in [0.25, 0.3) is 0 Å². The maximum Gasteiger partial charge on any atom is 0.0597 e. The van der Waals surface area contributed by atoms with Gasteiger partial charge in [-0.15, -0.1) is 11.3 Å². The highest BCUT2D eigenvalue weighted by atomic mass is 32.1. The molecule has 0 radical (unpaired) electrons. The Morgan fingerprint density at radius 3 is 2.62 bits per heavy atom. The first kappa shape index (κ1) is 16.2. The Morgan fingerprint density at radius 1 is 1.24 bits per heavy atom. The van der Waals surface area contributed by atoms with Crippen LogP contribution in [0.15, 0.2) is 18.2 Å². The largest absolute Gasteiger partial charge is 0.308 e. The molecule has 1 unspecified atom stereocenters. The Hall–Kier alpha value is -1.13. The fourth-order valence-corrected chi connectivity index (χ4v) is 3.63. The molecule has 0 aromatic carbocycles. The zero-order valence-electron chi connectivity index (χ0n) is 13.6. The van der Waals surface area contributed by atoms with Crippen molar-refractivity contribution in [3.05, 3.63) is 39.3 Å². The molecule has 2 rings (SSSR count). The minimum Gasteiger partial charge on any atom is -0.308 e. The van der Waals surface area contributed by atoms with Crippen molar-refractivity contribution in [1.29, 1.82) is 0 Å². The molecule has 2 heterocycles. The lowest BCUT2D eigenvalue weighted by Gasteiger charge is -2.19. The van der Waals surface area contributed by atoms with Crippen molar-refractivity contribution < 1.29 is 0 Å². The van der Waals surface area contributed by atoms with Crippen LogP contribution in [0.4, 0.5) is 0 Å². The molecule has 1 atom stereocenters. The minimum absolute atomic E-state index is 0.356. The Labute approximate surface area is 132 Å². The Balaban J connectivity index is 2.20. The van der Waals surface area contributed by atoms with Gasteiger partial charge in [-0.1, -0.05) is 13.8 Å². The fourth-order valence-electron chi connectivity index (χ4n) is 2.62. The van der Waals surface area contributed by atoms with Gasteiger partial charge in [-0.25, -0.2) is 0 Å². The summed E-state index contributed by atoms with van der Waals surface area (Å²) in [6.07, 6.45) is 3.33. The van der Waals surface area contributed by atoms with Crippen LogP contribution in [0.3, 0.4) is 0 Å². The maximum atomic E-state index is 4.60. The molecule has 0 bridgehead atoms.